The second-order valence-corrected chi connectivity index (χ2v) is 10.4. The number of H-pyrrole nitrogens is 1. The van der Waals surface area contributed by atoms with Crippen molar-refractivity contribution < 1.29 is 18.0 Å². The van der Waals surface area contributed by atoms with Crippen molar-refractivity contribution in [2.24, 2.45) is 5.92 Å². The lowest BCUT2D eigenvalue weighted by Gasteiger charge is -2.14. The zero-order valence-corrected chi connectivity index (χ0v) is 18.8. The highest BCUT2D eigenvalue weighted by molar-refractivity contribution is 7.90. The van der Waals surface area contributed by atoms with Gasteiger partial charge in [-0.2, -0.15) is 0 Å². The number of imidazole rings is 1. The van der Waals surface area contributed by atoms with E-state index in [4.69, 9.17) is 0 Å². The molecular formula is C23H26N4O4S. The molecule has 0 aliphatic heterocycles. The van der Waals surface area contributed by atoms with E-state index in [2.05, 4.69) is 20.6 Å². The van der Waals surface area contributed by atoms with Gasteiger partial charge in [-0.3, -0.25) is 9.59 Å². The molecule has 2 aromatic carbocycles. The summed E-state index contributed by atoms with van der Waals surface area (Å²) in [6.07, 6.45) is 2.40. The number of carbonyl (C=O) groups excluding carboxylic acids is 2. The Morgan fingerprint density at radius 3 is 2.56 bits per heavy atom. The normalized spacial score (nSPS) is 18.8. The van der Waals surface area contributed by atoms with E-state index in [-0.39, 0.29) is 35.1 Å². The molecule has 2 amide bonds. The Bertz CT molecular complexity index is 1220. The quantitative estimate of drug-likeness (QED) is 0.482. The Kier molecular flexibility index (Phi) is 6.01. The first kappa shape index (κ1) is 22.0. The SMILES string of the molecule is CC(NC(=O)C[C@@H]1C[C@H]1c1nc2ccccc2[nH]1)C(=O)NCc1ccc(S(C)(=O)=O)cc1. The maximum Gasteiger partial charge on any atom is 0.242 e. The largest absolute Gasteiger partial charge is 0.350 e. The maximum atomic E-state index is 12.4. The second-order valence-electron chi connectivity index (χ2n) is 8.37. The van der Waals surface area contributed by atoms with Crippen molar-refractivity contribution in [3.8, 4) is 0 Å². The van der Waals surface area contributed by atoms with Gasteiger partial charge in [0.05, 0.1) is 15.9 Å². The molecule has 1 unspecified atom stereocenters. The van der Waals surface area contributed by atoms with Gasteiger partial charge in [-0.1, -0.05) is 24.3 Å². The molecule has 9 heteroatoms. The summed E-state index contributed by atoms with van der Waals surface area (Å²) in [6.45, 7) is 1.89. The highest BCUT2D eigenvalue weighted by atomic mass is 32.2. The Hall–Kier alpha value is -3.20. The fourth-order valence-electron chi connectivity index (χ4n) is 3.76. The number of amides is 2. The monoisotopic (exact) mass is 454 g/mol. The summed E-state index contributed by atoms with van der Waals surface area (Å²) in [6, 6.07) is 13.5. The van der Waals surface area contributed by atoms with E-state index in [0.717, 1.165) is 35.1 Å². The summed E-state index contributed by atoms with van der Waals surface area (Å²) in [7, 11) is -3.25. The number of carbonyl (C=O) groups is 2. The Balaban J connectivity index is 1.22. The molecule has 1 aromatic heterocycles. The van der Waals surface area contributed by atoms with Crippen LogP contribution < -0.4 is 10.6 Å². The fraction of sp³-hybridized carbons (Fsp3) is 0.348. The van der Waals surface area contributed by atoms with Crippen molar-refractivity contribution in [1.82, 2.24) is 20.6 Å². The van der Waals surface area contributed by atoms with Crippen molar-refractivity contribution in [2.45, 2.75) is 43.2 Å². The van der Waals surface area contributed by atoms with Gasteiger partial charge in [-0.25, -0.2) is 13.4 Å². The zero-order valence-electron chi connectivity index (χ0n) is 18.0. The molecule has 0 bridgehead atoms. The summed E-state index contributed by atoms with van der Waals surface area (Å²) in [5.41, 5.74) is 2.69. The third-order valence-electron chi connectivity index (χ3n) is 5.72. The summed E-state index contributed by atoms with van der Waals surface area (Å²) in [5.74, 6) is 0.923. The summed E-state index contributed by atoms with van der Waals surface area (Å²) >= 11 is 0. The van der Waals surface area contributed by atoms with Crippen LogP contribution in [0.4, 0.5) is 0 Å². The lowest BCUT2D eigenvalue weighted by atomic mass is 10.2. The van der Waals surface area contributed by atoms with Gasteiger partial charge in [0, 0.05) is 25.1 Å². The zero-order chi connectivity index (χ0) is 22.9. The number of hydrogen-bond donors (Lipinski definition) is 3. The minimum absolute atomic E-state index is 0.159. The topological polar surface area (TPSA) is 121 Å². The molecule has 1 saturated carbocycles. The van der Waals surface area contributed by atoms with E-state index in [9.17, 15) is 18.0 Å². The van der Waals surface area contributed by atoms with Crippen LogP contribution in [0.5, 0.6) is 0 Å². The van der Waals surface area contributed by atoms with E-state index in [1.165, 1.54) is 12.1 Å². The molecule has 3 aromatic rings. The third-order valence-corrected chi connectivity index (χ3v) is 6.85. The van der Waals surface area contributed by atoms with E-state index in [1.54, 1.807) is 19.1 Å². The Morgan fingerprint density at radius 2 is 1.88 bits per heavy atom. The van der Waals surface area contributed by atoms with E-state index in [1.807, 2.05) is 24.3 Å². The van der Waals surface area contributed by atoms with Crippen molar-refractivity contribution in [3.63, 3.8) is 0 Å². The number of aromatic nitrogens is 2. The van der Waals surface area contributed by atoms with Crippen LogP contribution in [-0.4, -0.2) is 42.5 Å². The van der Waals surface area contributed by atoms with Crippen molar-refractivity contribution in [1.29, 1.82) is 0 Å². The summed E-state index contributed by atoms with van der Waals surface area (Å²) < 4.78 is 23.0. The molecule has 4 rings (SSSR count). The van der Waals surface area contributed by atoms with Gasteiger partial charge >= 0.3 is 0 Å². The van der Waals surface area contributed by atoms with Crippen molar-refractivity contribution >= 4 is 32.7 Å². The van der Waals surface area contributed by atoms with Crippen molar-refractivity contribution in [3.05, 3.63) is 59.9 Å². The van der Waals surface area contributed by atoms with Crippen LogP contribution in [0, 0.1) is 5.92 Å². The lowest BCUT2D eigenvalue weighted by Crippen LogP contribution is -2.44. The number of nitrogens with one attached hydrogen (secondary N) is 3. The lowest BCUT2D eigenvalue weighted by molar-refractivity contribution is -0.128. The molecular weight excluding hydrogens is 428 g/mol. The molecule has 32 heavy (non-hydrogen) atoms. The maximum absolute atomic E-state index is 12.4. The molecule has 1 aliphatic rings. The standard InChI is InChI=1S/C23H26N4O4S/c1-14(23(29)24-13-15-7-9-17(10-8-15)32(2,30)31)25-21(28)12-16-11-18(16)22-26-19-5-3-4-6-20(19)27-22/h3-10,14,16,18H,11-13H2,1-2H3,(H,24,29)(H,25,28)(H,26,27)/t14?,16-,18+/m0/s1. The van der Waals surface area contributed by atoms with Crippen LogP contribution in [0.1, 0.15) is 37.1 Å². The highest BCUT2D eigenvalue weighted by Crippen LogP contribution is 2.48. The number of benzene rings is 2. The van der Waals surface area contributed by atoms with Crippen LogP contribution >= 0.6 is 0 Å². The molecule has 1 heterocycles. The fourth-order valence-corrected chi connectivity index (χ4v) is 4.39. The first-order valence-corrected chi connectivity index (χ1v) is 12.4. The minimum atomic E-state index is -3.25. The molecule has 3 atom stereocenters. The number of fused-ring (bicyclic) bond motifs is 1. The number of nitrogens with zero attached hydrogens (tertiary/aromatic N) is 1. The van der Waals surface area contributed by atoms with Gasteiger partial charge in [0.2, 0.25) is 11.8 Å². The summed E-state index contributed by atoms with van der Waals surface area (Å²) in [4.78, 5) is 32.9. The van der Waals surface area contributed by atoms with E-state index in [0.29, 0.717) is 6.42 Å². The van der Waals surface area contributed by atoms with Crippen LogP contribution in [0.15, 0.2) is 53.4 Å². The van der Waals surface area contributed by atoms with Crippen LogP contribution in [0.3, 0.4) is 0 Å². The smallest absolute Gasteiger partial charge is 0.242 e. The van der Waals surface area contributed by atoms with Gasteiger partial charge in [0.25, 0.3) is 0 Å². The molecule has 8 nitrogen and oxygen atoms in total. The summed E-state index contributed by atoms with van der Waals surface area (Å²) in [5, 5.41) is 5.52. The molecule has 168 valence electrons. The number of hydrogen-bond acceptors (Lipinski definition) is 5. The highest BCUT2D eigenvalue weighted by Gasteiger charge is 2.42. The van der Waals surface area contributed by atoms with Crippen LogP contribution in [-0.2, 0) is 26.0 Å². The molecule has 3 N–H and O–H groups in total. The first-order chi connectivity index (χ1) is 15.2. The van der Waals surface area contributed by atoms with Crippen LogP contribution in [0.25, 0.3) is 11.0 Å². The predicted molar refractivity (Wildman–Crippen MR) is 121 cm³/mol. The van der Waals surface area contributed by atoms with Gasteiger partial charge in [0.1, 0.15) is 11.9 Å². The van der Waals surface area contributed by atoms with Gasteiger partial charge in [0.15, 0.2) is 9.84 Å². The molecule has 0 saturated heterocycles. The predicted octanol–water partition coefficient (Wildman–Crippen LogP) is 2.28. The molecule has 0 spiro atoms. The van der Waals surface area contributed by atoms with Gasteiger partial charge < -0.3 is 15.6 Å². The molecule has 1 fully saturated rings. The Labute approximate surface area is 186 Å². The minimum Gasteiger partial charge on any atom is -0.350 e. The molecule has 0 radical (unpaired) electrons. The van der Waals surface area contributed by atoms with E-state index >= 15 is 0 Å². The third kappa shape index (κ3) is 5.16. The van der Waals surface area contributed by atoms with Gasteiger partial charge in [-0.05, 0) is 49.1 Å². The average Bonchev–Trinajstić information content (AvgIpc) is 3.37. The number of sulfone groups is 1. The Morgan fingerprint density at radius 1 is 1.16 bits per heavy atom. The second kappa shape index (κ2) is 8.74. The average molecular weight is 455 g/mol. The first-order valence-electron chi connectivity index (χ1n) is 10.5. The number of para-hydroxylation sites is 2. The molecule has 1 aliphatic carbocycles. The number of rotatable bonds is 8. The van der Waals surface area contributed by atoms with Gasteiger partial charge in [-0.15, -0.1) is 0 Å². The van der Waals surface area contributed by atoms with E-state index < -0.39 is 15.9 Å². The van der Waals surface area contributed by atoms with Crippen molar-refractivity contribution in [2.75, 3.05) is 6.26 Å². The van der Waals surface area contributed by atoms with Crippen LogP contribution in [0.2, 0.25) is 0 Å². The number of aromatic amines is 1.